The number of nitrogens with zero attached hydrogens (tertiary/aromatic N) is 2. The summed E-state index contributed by atoms with van der Waals surface area (Å²) in [4.78, 5) is 7.82. The van der Waals surface area contributed by atoms with Crippen molar-refractivity contribution in [1.82, 2.24) is 15.5 Å². The first kappa shape index (κ1) is 22.3. The van der Waals surface area contributed by atoms with E-state index in [1.165, 1.54) is 0 Å². The molecule has 2 N–H and O–H groups in total. The van der Waals surface area contributed by atoms with E-state index in [0.29, 0.717) is 12.3 Å². The number of guanidine groups is 1. The average molecular weight is 480 g/mol. The summed E-state index contributed by atoms with van der Waals surface area (Å²) in [7, 11) is -0.981. The molecule has 1 aromatic carbocycles. The molecule has 8 heteroatoms. The van der Waals surface area contributed by atoms with Gasteiger partial charge in [0.1, 0.15) is 0 Å². The lowest BCUT2D eigenvalue weighted by molar-refractivity contribution is 0.0394. The van der Waals surface area contributed by atoms with Crippen LogP contribution in [0.4, 0.5) is 0 Å². The first-order valence-electron chi connectivity index (χ1n) is 8.55. The van der Waals surface area contributed by atoms with Crippen LogP contribution in [0.5, 0.6) is 0 Å². The molecule has 0 aromatic heterocycles. The number of hydrogen-bond acceptors (Lipinski definition) is 4. The predicted octanol–water partition coefficient (Wildman–Crippen LogP) is 1.30. The maximum absolute atomic E-state index is 12.2. The van der Waals surface area contributed by atoms with Crippen molar-refractivity contribution in [3.8, 4) is 0 Å². The van der Waals surface area contributed by atoms with Gasteiger partial charge < -0.3 is 15.4 Å². The highest BCUT2D eigenvalue weighted by atomic mass is 127. The van der Waals surface area contributed by atoms with Crippen LogP contribution < -0.4 is 10.6 Å². The Morgan fingerprint density at radius 1 is 1.24 bits per heavy atom. The zero-order chi connectivity index (χ0) is 17.0. The topological polar surface area (TPSA) is 66.0 Å². The number of rotatable bonds is 8. The lowest BCUT2D eigenvalue weighted by Crippen LogP contribution is -2.41. The largest absolute Gasteiger partial charge is 0.379 e. The molecule has 2 rings (SSSR count). The van der Waals surface area contributed by atoms with E-state index in [2.05, 4.69) is 20.5 Å². The van der Waals surface area contributed by atoms with Crippen molar-refractivity contribution in [3.63, 3.8) is 0 Å². The van der Waals surface area contributed by atoms with Gasteiger partial charge in [0.15, 0.2) is 5.96 Å². The zero-order valence-electron chi connectivity index (χ0n) is 14.8. The molecule has 6 nitrogen and oxygen atoms in total. The molecule has 1 unspecified atom stereocenters. The van der Waals surface area contributed by atoms with E-state index in [9.17, 15) is 4.21 Å². The molecule has 142 valence electrons. The van der Waals surface area contributed by atoms with Crippen LogP contribution in [0.15, 0.2) is 40.2 Å². The van der Waals surface area contributed by atoms with Crippen molar-refractivity contribution in [3.05, 3.63) is 30.3 Å². The molecular weight excluding hydrogens is 451 g/mol. The molecular formula is C17H29IN4O2S. The molecule has 1 fully saturated rings. The van der Waals surface area contributed by atoms with Crippen molar-refractivity contribution in [2.24, 2.45) is 4.99 Å². The Balaban J connectivity index is 0.00000312. The van der Waals surface area contributed by atoms with Gasteiger partial charge in [-0.3, -0.25) is 14.1 Å². The van der Waals surface area contributed by atoms with Gasteiger partial charge in [-0.1, -0.05) is 18.2 Å². The Morgan fingerprint density at radius 3 is 2.64 bits per heavy atom. The van der Waals surface area contributed by atoms with E-state index in [-0.39, 0.29) is 24.0 Å². The van der Waals surface area contributed by atoms with Crippen LogP contribution in [0.2, 0.25) is 0 Å². The van der Waals surface area contributed by atoms with Crippen molar-refractivity contribution in [2.45, 2.75) is 11.8 Å². The van der Waals surface area contributed by atoms with E-state index in [1.807, 2.05) is 37.3 Å². The first-order valence-corrected chi connectivity index (χ1v) is 9.87. The Bertz CT molecular complexity index is 525. The van der Waals surface area contributed by atoms with E-state index >= 15 is 0 Å². The quantitative estimate of drug-likeness (QED) is 0.334. The third-order valence-corrected chi connectivity index (χ3v) is 5.09. The molecule has 1 saturated heterocycles. The highest BCUT2D eigenvalue weighted by Crippen LogP contribution is 2.04. The third kappa shape index (κ3) is 8.98. The molecule has 0 radical (unpaired) electrons. The van der Waals surface area contributed by atoms with Crippen LogP contribution in [-0.2, 0) is 15.5 Å². The van der Waals surface area contributed by atoms with Gasteiger partial charge in [0.05, 0.1) is 30.6 Å². The normalized spacial score (nSPS) is 16.8. The maximum atomic E-state index is 12.2. The monoisotopic (exact) mass is 480 g/mol. The lowest BCUT2D eigenvalue weighted by atomic mass is 10.4. The van der Waals surface area contributed by atoms with E-state index in [1.54, 1.807) is 0 Å². The van der Waals surface area contributed by atoms with E-state index in [4.69, 9.17) is 4.74 Å². The molecule has 0 saturated carbocycles. The number of nitrogens with one attached hydrogen (secondary N) is 2. The van der Waals surface area contributed by atoms with Gasteiger partial charge in [-0.2, -0.15) is 0 Å². The summed E-state index contributed by atoms with van der Waals surface area (Å²) in [5.41, 5.74) is 0. The summed E-state index contributed by atoms with van der Waals surface area (Å²) in [6, 6.07) is 9.56. The first-order chi connectivity index (χ1) is 11.8. The van der Waals surface area contributed by atoms with Gasteiger partial charge in [0.25, 0.3) is 0 Å². The minimum Gasteiger partial charge on any atom is -0.379 e. The van der Waals surface area contributed by atoms with Crippen molar-refractivity contribution in [1.29, 1.82) is 0 Å². The van der Waals surface area contributed by atoms with Crippen LogP contribution in [-0.4, -0.2) is 73.3 Å². The molecule has 1 aliphatic rings. The summed E-state index contributed by atoms with van der Waals surface area (Å²) >= 11 is 0. The highest BCUT2D eigenvalue weighted by Gasteiger charge is 2.09. The van der Waals surface area contributed by atoms with Gasteiger partial charge in [0, 0.05) is 43.4 Å². The maximum Gasteiger partial charge on any atom is 0.191 e. The lowest BCUT2D eigenvalue weighted by Gasteiger charge is -2.25. The minimum absolute atomic E-state index is 0. The molecule has 1 aromatic rings. The molecule has 1 atom stereocenters. The molecule has 0 spiro atoms. The summed E-state index contributed by atoms with van der Waals surface area (Å²) in [6.07, 6.45) is 0. The molecule has 25 heavy (non-hydrogen) atoms. The number of aliphatic imine (C=N–C) groups is 1. The molecule has 1 aliphatic heterocycles. The fourth-order valence-electron chi connectivity index (χ4n) is 2.42. The highest BCUT2D eigenvalue weighted by molar-refractivity contribution is 14.0. The third-order valence-electron chi connectivity index (χ3n) is 3.72. The summed E-state index contributed by atoms with van der Waals surface area (Å²) in [5.74, 6) is 1.36. The SMILES string of the molecule is CCNC(=NCCN1CCOCC1)NCCS(=O)c1ccccc1.I. The summed E-state index contributed by atoms with van der Waals surface area (Å²) in [6.45, 7) is 8.76. The second kappa shape index (κ2) is 13.5. The molecule has 0 bridgehead atoms. The Hall–Kier alpha value is -0.710. The molecule has 0 amide bonds. The Morgan fingerprint density at radius 2 is 1.96 bits per heavy atom. The van der Waals surface area contributed by atoms with Crippen molar-refractivity contribution >= 4 is 40.7 Å². The fourth-order valence-corrected chi connectivity index (χ4v) is 3.41. The van der Waals surface area contributed by atoms with Gasteiger partial charge in [-0.15, -0.1) is 24.0 Å². The van der Waals surface area contributed by atoms with Crippen LogP contribution in [0, 0.1) is 0 Å². The van der Waals surface area contributed by atoms with Crippen LogP contribution in [0.25, 0.3) is 0 Å². The summed E-state index contributed by atoms with van der Waals surface area (Å²) in [5, 5.41) is 6.49. The van der Waals surface area contributed by atoms with Gasteiger partial charge >= 0.3 is 0 Å². The average Bonchev–Trinajstić information content (AvgIpc) is 2.63. The second-order valence-corrected chi connectivity index (χ2v) is 7.07. The zero-order valence-corrected chi connectivity index (χ0v) is 17.9. The smallest absolute Gasteiger partial charge is 0.191 e. The van der Waals surface area contributed by atoms with Gasteiger partial charge in [-0.25, -0.2) is 0 Å². The standard InChI is InChI=1S/C17H28N4O2S.HI/c1-2-18-17(19-8-10-21-11-13-23-14-12-21)20-9-15-24(22)16-6-4-3-5-7-16;/h3-7H,2,8-15H2,1H3,(H2,18,19,20);1H. The number of hydrogen-bond donors (Lipinski definition) is 2. The second-order valence-electron chi connectivity index (χ2n) is 5.50. The fraction of sp³-hybridized carbons (Fsp3) is 0.588. The van der Waals surface area contributed by atoms with E-state index in [0.717, 1.165) is 56.8 Å². The van der Waals surface area contributed by atoms with Crippen LogP contribution in [0.1, 0.15) is 6.92 Å². The number of benzene rings is 1. The van der Waals surface area contributed by atoms with Crippen LogP contribution >= 0.6 is 24.0 Å². The minimum atomic E-state index is -0.981. The van der Waals surface area contributed by atoms with Crippen LogP contribution in [0.3, 0.4) is 0 Å². The number of halogens is 1. The van der Waals surface area contributed by atoms with Crippen molar-refractivity contribution < 1.29 is 8.95 Å². The van der Waals surface area contributed by atoms with Gasteiger partial charge in [0.2, 0.25) is 0 Å². The van der Waals surface area contributed by atoms with E-state index < -0.39 is 10.8 Å². The number of ether oxygens (including phenoxy) is 1. The molecule has 1 heterocycles. The number of morpholine rings is 1. The van der Waals surface area contributed by atoms with Gasteiger partial charge in [-0.05, 0) is 19.1 Å². The van der Waals surface area contributed by atoms with Crippen molar-refractivity contribution in [2.75, 3.05) is 58.2 Å². The Kier molecular flexibility index (Phi) is 12.0. The predicted molar refractivity (Wildman–Crippen MR) is 114 cm³/mol. The Labute approximate surface area is 170 Å². The summed E-state index contributed by atoms with van der Waals surface area (Å²) < 4.78 is 17.5. The molecule has 0 aliphatic carbocycles.